The Labute approximate surface area is 138 Å². The van der Waals surface area contributed by atoms with Crippen molar-refractivity contribution in [2.45, 2.75) is 6.61 Å². The molecule has 0 saturated carbocycles. The van der Waals surface area contributed by atoms with Crippen molar-refractivity contribution >= 4 is 37.5 Å². The third-order valence-corrected chi connectivity index (χ3v) is 3.99. The average molecular weight is 417 g/mol. The molecule has 2 aromatic rings. The zero-order valence-corrected chi connectivity index (χ0v) is 14.2. The zero-order chi connectivity index (χ0) is 15.4. The van der Waals surface area contributed by atoms with Crippen molar-refractivity contribution in [3.63, 3.8) is 0 Å². The molecule has 21 heavy (non-hydrogen) atoms. The summed E-state index contributed by atoms with van der Waals surface area (Å²) in [6.07, 6.45) is 0. The van der Waals surface area contributed by atoms with Crippen LogP contribution >= 0.6 is 31.9 Å². The van der Waals surface area contributed by atoms with Gasteiger partial charge < -0.3 is 9.47 Å². The normalized spacial score (nSPS) is 10.2. The summed E-state index contributed by atoms with van der Waals surface area (Å²) < 4.78 is 11.6. The van der Waals surface area contributed by atoms with Crippen molar-refractivity contribution in [3.05, 3.63) is 61.0 Å². The first-order valence-corrected chi connectivity index (χ1v) is 7.49. The van der Waals surface area contributed by atoms with Gasteiger partial charge in [0, 0.05) is 10.5 Å². The van der Waals surface area contributed by atoms with Gasteiger partial charge in [-0.3, -0.25) is 10.1 Å². The van der Waals surface area contributed by atoms with Crippen molar-refractivity contribution in [1.82, 2.24) is 0 Å². The summed E-state index contributed by atoms with van der Waals surface area (Å²) in [6.45, 7) is 0.302. The molecular formula is C14H11Br2NO4. The van der Waals surface area contributed by atoms with Crippen LogP contribution in [0.3, 0.4) is 0 Å². The number of hydrogen-bond donors (Lipinski definition) is 0. The van der Waals surface area contributed by atoms with Crippen LogP contribution in [0.15, 0.2) is 45.3 Å². The van der Waals surface area contributed by atoms with Gasteiger partial charge in [0.2, 0.25) is 0 Å². The van der Waals surface area contributed by atoms with Gasteiger partial charge in [-0.25, -0.2) is 0 Å². The Morgan fingerprint density at radius 3 is 2.43 bits per heavy atom. The van der Waals surface area contributed by atoms with Crippen LogP contribution in [0.25, 0.3) is 0 Å². The van der Waals surface area contributed by atoms with E-state index in [0.717, 1.165) is 11.3 Å². The molecule has 0 aromatic heterocycles. The Morgan fingerprint density at radius 1 is 1.19 bits per heavy atom. The SMILES string of the molecule is COc1ccc(COc2cc(Br)cc([N+](=O)[O-])c2Br)cc1. The molecule has 2 rings (SSSR count). The van der Waals surface area contributed by atoms with Crippen LogP contribution in [0.5, 0.6) is 11.5 Å². The summed E-state index contributed by atoms with van der Waals surface area (Å²) in [7, 11) is 1.60. The monoisotopic (exact) mass is 415 g/mol. The minimum atomic E-state index is -0.463. The van der Waals surface area contributed by atoms with Crippen LogP contribution in [0.4, 0.5) is 5.69 Å². The van der Waals surface area contributed by atoms with Gasteiger partial charge in [-0.05, 0) is 39.7 Å². The van der Waals surface area contributed by atoms with Gasteiger partial charge in [-0.2, -0.15) is 0 Å². The summed E-state index contributed by atoms with van der Waals surface area (Å²) >= 11 is 6.44. The predicted octanol–water partition coefficient (Wildman–Crippen LogP) is 4.71. The van der Waals surface area contributed by atoms with Gasteiger partial charge in [0.15, 0.2) is 0 Å². The standard InChI is InChI=1S/C14H11Br2NO4/c1-20-11-4-2-9(3-5-11)8-21-13-7-10(15)6-12(14(13)16)17(18)19/h2-7H,8H2,1H3. The Kier molecular flexibility index (Phi) is 5.19. The highest BCUT2D eigenvalue weighted by Gasteiger charge is 2.18. The summed E-state index contributed by atoms with van der Waals surface area (Å²) in [4.78, 5) is 10.5. The average Bonchev–Trinajstić information content (AvgIpc) is 2.48. The van der Waals surface area contributed by atoms with Crippen LogP contribution in [0, 0.1) is 10.1 Å². The summed E-state index contributed by atoms with van der Waals surface area (Å²) in [5, 5.41) is 11.0. The molecule has 7 heteroatoms. The molecule has 0 heterocycles. The van der Waals surface area contributed by atoms with E-state index in [9.17, 15) is 10.1 Å². The van der Waals surface area contributed by atoms with Gasteiger partial charge in [-0.15, -0.1) is 0 Å². The fraction of sp³-hybridized carbons (Fsp3) is 0.143. The topological polar surface area (TPSA) is 61.6 Å². The van der Waals surface area contributed by atoms with Crippen LogP contribution < -0.4 is 9.47 Å². The number of nitro groups is 1. The predicted molar refractivity (Wildman–Crippen MR) is 85.8 cm³/mol. The molecule has 0 atom stereocenters. The highest BCUT2D eigenvalue weighted by Crippen LogP contribution is 2.37. The van der Waals surface area contributed by atoms with E-state index < -0.39 is 4.92 Å². The maximum Gasteiger partial charge on any atom is 0.288 e. The number of nitro benzene ring substituents is 1. The molecule has 0 aliphatic carbocycles. The molecule has 5 nitrogen and oxygen atoms in total. The van der Waals surface area contributed by atoms with E-state index in [4.69, 9.17) is 9.47 Å². The van der Waals surface area contributed by atoms with E-state index in [1.54, 1.807) is 13.2 Å². The molecule has 0 spiro atoms. The van der Waals surface area contributed by atoms with Gasteiger partial charge in [-0.1, -0.05) is 28.1 Å². The fourth-order valence-electron chi connectivity index (χ4n) is 1.67. The molecular weight excluding hydrogens is 406 g/mol. The molecule has 0 N–H and O–H groups in total. The number of nitrogens with zero attached hydrogens (tertiary/aromatic N) is 1. The number of halogens is 2. The lowest BCUT2D eigenvalue weighted by molar-refractivity contribution is -0.385. The molecule has 110 valence electrons. The molecule has 0 bridgehead atoms. The lowest BCUT2D eigenvalue weighted by Gasteiger charge is -2.09. The number of ether oxygens (including phenoxy) is 2. The first-order valence-electron chi connectivity index (χ1n) is 5.90. The molecule has 0 fully saturated rings. The van der Waals surface area contributed by atoms with Crippen molar-refractivity contribution in [1.29, 1.82) is 0 Å². The molecule has 0 amide bonds. The second-order valence-corrected chi connectivity index (χ2v) is 5.84. The number of benzene rings is 2. The zero-order valence-electron chi connectivity index (χ0n) is 11.0. The Bertz CT molecular complexity index is 659. The summed E-state index contributed by atoms with van der Waals surface area (Å²) in [5.41, 5.74) is 0.888. The third kappa shape index (κ3) is 3.95. The van der Waals surface area contributed by atoms with Gasteiger partial charge in [0.1, 0.15) is 22.6 Å². The Hall–Kier alpha value is -1.60. The minimum Gasteiger partial charge on any atom is -0.497 e. The lowest BCUT2D eigenvalue weighted by Crippen LogP contribution is -1.98. The quantitative estimate of drug-likeness (QED) is 0.523. The molecule has 2 aromatic carbocycles. The third-order valence-electron chi connectivity index (χ3n) is 2.73. The molecule has 0 aliphatic heterocycles. The summed E-state index contributed by atoms with van der Waals surface area (Å²) in [6, 6.07) is 10.5. The van der Waals surface area contributed by atoms with E-state index in [1.165, 1.54) is 6.07 Å². The molecule has 0 unspecified atom stereocenters. The number of methoxy groups -OCH3 is 1. The molecule has 0 radical (unpaired) electrons. The highest BCUT2D eigenvalue weighted by atomic mass is 79.9. The van der Waals surface area contributed by atoms with Crippen molar-refractivity contribution in [2.24, 2.45) is 0 Å². The smallest absolute Gasteiger partial charge is 0.288 e. The van der Waals surface area contributed by atoms with Crippen LogP contribution in [-0.4, -0.2) is 12.0 Å². The van der Waals surface area contributed by atoms with Crippen LogP contribution in [-0.2, 0) is 6.61 Å². The van der Waals surface area contributed by atoms with E-state index in [2.05, 4.69) is 31.9 Å². The van der Waals surface area contributed by atoms with Crippen molar-refractivity contribution in [2.75, 3.05) is 7.11 Å². The Balaban J connectivity index is 2.17. The second-order valence-electron chi connectivity index (χ2n) is 4.13. The molecule has 0 saturated heterocycles. The van der Waals surface area contributed by atoms with Crippen LogP contribution in [0.1, 0.15) is 5.56 Å². The highest BCUT2D eigenvalue weighted by molar-refractivity contribution is 9.11. The summed E-state index contributed by atoms with van der Waals surface area (Å²) in [5.74, 6) is 1.17. The van der Waals surface area contributed by atoms with Gasteiger partial charge in [0.05, 0.1) is 12.0 Å². The second kappa shape index (κ2) is 6.91. The van der Waals surface area contributed by atoms with E-state index >= 15 is 0 Å². The van der Waals surface area contributed by atoms with E-state index in [0.29, 0.717) is 21.3 Å². The van der Waals surface area contributed by atoms with Crippen molar-refractivity contribution in [3.8, 4) is 11.5 Å². The van der Waals surface area contributed by atoms with E-state index in [1.807, 2.05) is 24.3 Å². The Morgan fingerprint density at radius 2 is 1.86 bits per heavy atom. The number of hydrogen-bond acceptors (Lipinski definition) is 4. The van der Waals surface area contributed by atoms with E-state index in [-0.39, 0.29) is 5.69 Å². The van der Waals surface area contributed by atoms with Gasteiger partial charge >= 0.3 is 0 Å². The molecule has 0 aliphatic rings. The first-order chi connectivity index (χ1) is 10.0. The fourth-order valence-corrected chi connectivity index (χ4v) is 2.58. The maximum atomic E-state index is 11.0. The maximum absolute atomic E-state index is 11.0. The van der Waals surface area contributed by atoms with Crippen LogP contribution in [0.2, 0.25) is 0 Å². The van der Waals surface area contributed by atoms with Crippen molar-refractivity contribution < 1.29 is 14.4 Å². The minimum absolute atomic E-state index is 0.0471. The largest absolute Gasteiger partial charge is 0.497 e. The first kappa shape index (κ1) is 15.8. The lowest BCUT2D eigenvalue weighted by atomic mass is 10.2. The number of rotatable bonds is 5. The van der Waals surface area contributed by atoms with Gasteiger partial charge in [0.25, 0.3) is 5.69 Å².